The molecule has 1 heterocycles. The first-order valence-electron chi connectivity index (χ1n) is 7.84. The fraction of sp³-hybridized carbons (Fsp3) is 0.0952. The quantitative estimate of drug-likeness (QED) is 0.543. The molecule has 3 aromatic rings. The van der Waals surface area contributed by atoms with Crippen molar-refractivity contribution in [2.75, 3.05) is 7.11 Å². The van der Waals surface area contributed by atoms with Crippen molar-refractivity contribution in [1.29, 1.82) is 5.26 Å². The zero-order valence-electron chi connectivity index (χ0n) is 14.4. The van der Waals surface area contributed by atoms with Gasteiger partial charge in [-0.1, -0.05) is 5.92 Å². The highest BCUT2D eigenvalue weighted by Crippen LogP contribution is 2.14. The van der Waals surface area contributed by atoms with Gasteiger partial charge in [0.1, 0.15) is 17.1 Å². The maximum Gasteiger partial charge on any atom is 0.212 e. The lowest BCUT2D eigenvalue weighted by Gasteiger charge is -2.03. The molecular weight excluding hydrogens is 326 g/mol. The van der Waals surface area contributed by atoms with Crippen LogP contribution in [0.4, 0.5) is 0 Å². The molecule has 2 aromatic carbocycles. The molecule has 1 aromatic heterocycles. The lowest BCUT2D eigenvalue weighted by molar-refractivity contribution is 0.103. The number of hydrogen-bond acceptors (Lipinski definition) is 4. The maximum atomic E-state index is 12.8. The SMILES string of the molecule is COc1ccc(C#Cc2ncn(C)c2C(=O)c2ccc(C#N)cc2)cc1. The highest BCUT2D eigenvalue weighted by molar-refractivity contribution is 6.09. The van der Waals surface area contributed by atoms with Gasteiger partial charge in [0.05, 0.1) is 25.1 Å². The number of aromatic nitrogens is 2. The van der Waals surface area contributed by atoms with Crippen LogP contribution in [-0.4, -0.2) is 22.4 Å². The lowest BCUT2D eigenvalue weighted by atomic mass is 10.0. The Hall–Kier alpha value is -3.83. The highest BCUT2D eigenvalue weighted by atomic mass is 16.5. The molecule has 0 aliphatic heterocycles. The molecule has 0 saturated carbocycles. The number of ketones is 1. The van der Waals surface area contributed by atoms with Gasteiger partial charge in [-0.2, -0.15) is 5.26 Å². The smallest absolute Gasteiger partial charge is 0.212 e. The van der Waals surface area contributed by atoms with Crippen molar-refractivity contribution in [3.63, 3.8) is 0 Å². The minimum atomic E-state index is -0.187. The summed E-state index contributed by atoms with van der Waals surface area (Å²) in [6, 6.07) is 15.9. The summed E-state index contributed by atoms with van der Waals surface area (Å²) in [5.41, 5.74) is 2.62. The number of nitriles is 1. The lowest BCUT2D eigenvalue weighted by Crippen LogP contribution is -2.09. The molecule has 0 aliphatic rings. The van der Waals surface area contributed by atoms with E-state index in [1.165, 1.54) is 0 Å². The van der Waals surface area contributed by atoms with Crippen LogP contribution in [0.15, 0.2) is 54.9 Å². The molecule has 0 unspecified atom stereocenters. The zero-order valence-corrected chi connectivity index (χ0v) is 14.4. The van der Waals surface area contributed by atoms with Crippen molar-refractivity contribution in [2.24, 2.45) is 7.05 Å². The molecule has 0 aliphatic carbocycles. The molecule has 0 amide bonds. The molecular formula is C21H15N3O2. The van der Waals surface area contributed by atoms with Crippen molar-refractivity contribution in [3.8, 4) is 23.7 Å². The molecule has 0 radical (unpaired) electrons. The molecule has 0 saturated heterocycles. The van der Waals surface area contributed by atoms with Crippen molar-refractivity contribution < 1.29 is 9.53 Å². The second-order valence-electron chi connectivity index (χ2n) is 5.55. The molecule has 26 heavy (non-hydrogen) atoms. The number of carbonyl (C=O) groups excluding carboxylic acids is 1. The highest BCUT2D eigenvalue weighted by Gasteiger charge is 2.17. The summed E-state index contributed by atoms with van der Waals surface area (Å²) in [4.78, 5) is 17.1. The van der Waals surface area contributed by atoms with Crippen molar-refractivity contribution in [1.82, 2.24) is 9.55 Å². The van der Waals surface area contributed by atoms with E-state index in [-0.39, 0.29) is 5.78 Å². The van der Waals surface area contributed by atoms with Gasteiger partial charge in [0, 0.05) is 18.2 Å². The topological polar surface area (TPSA) is 67.9 Å². The first-order chi connectivity index (χ1) is 12.6. The molecule has 126 valence electrons. The van der Waals surface area contributed by atoms with E-state index in [0.717, 1.165) is 11.3 Å². The average Bonchev–Trinajstić information content (AvgIpc) is 3.06. The van der Waals surface area contributed by atoms with Gasteiger partial charge in [-0.25, -0.2) is 4.98 Å². The minimum absolute atomic E-state index is 0.187. The fourth-order valence-corrected chi connectivity index (χ4v) is 2.43. The Bertz CT molecular complexity index is 1040. The number of imidazole rings is 1. The fourth-order valence-electron chi connectivity index (χ4n) is 2.43. The predicted molar refractivity (Wildman–Crippen MR) is 96.8 cm³/mol. The van der Waals surface area contributed by atoms with E-state index in [9.17, 15) is 4.79 Å². The standard InChI is InChI=1S/C21H15N3O2/c1-24-14-23-19(12-7-15-5-10-18(26-2)11-6-15)20(24)21(25)17-8-3-16(13-22)4-9-17/h3-6,8-11,14H,1-2H3. The molecule has 0 atom stereocenters. The monoisotopic (exact) mass is 341 g/mol. The second-order valence-corrected chi connectivity index (χ2v) is 5.55. The Morgan fingerprint density at radius 1 is 1.04 bits per heavy atom. The van der Waals surface area contributed by atoms with Crippen LogP contribution in [0.2, 0.25) is 0 Å². The third-order valence-corrected chi connectivity index (χ3v) is 3.84. The Labute approximate surface area is 151 Å². The number of ether oxygens (including phenoxy) is 1. The average molecular weight is 341 g/mol. The van der Waals surface area contributed by atoms with Gasteiger partial charge in [-0.15, -0.1) is 0 Å². The van der Waals surface area contributed by atoms with E-state index in [1.807, 2.05) is 30.3 Å². The van der Waals surface area contributed by atoms with Gasteiger partial charge in [-0.3, -0.25) is 4.79 Å². The summed E-state index contributed by atoms with van der Waals surface area (Å²) in [5, 5.41) is 8.88. The van der Waals surface area contributed by atoms with Crippen LogP contribution in [0.25, 0.3) is 0 Å². The number of hydrogen-bond donors (Lipinski definition) is 0. The largest absolute Gasteiger partial charge is 0.497 e. The maximum absolute atomic E-state index is 12.8. The molecule has 0 N–H and O–H groups in total. The minimum Gasteiger partial charge on any atom is -0.497 e. The van der Waals surface area contributed by atoms with Gasteiger partial charge in [0.2, 0.25) is 5.78 Å². The van der Waals surface area contributed by atoms with E-state index in [2.05, 4.69) is 16.8 Å². The van der Waals surface area contributed by atoms with E-state index in [1.54, 1.807) is 49.3 Å². The number of rotatable bonds is 3. The summed E-state index contributed by atoms with van der Waals surface area (Å²) in [6.07, 6.45) is 1.56. The summed E-state index contributed by atoms with van der Waals surface area (Å²) >= 11 is 0. The molecule has 0 fully saturated rings. The number of nitrogens with zero attached hydrogens (tertiary/aromatic N) is 3. The molecule has 5 heteroatoms. The molecule has 3 rings (SSSR count). The van der Waals surface area contributed by atoms with Gasteiger partial charge in [-0.05, 0) is 54.5 Å². The van der Waals surface area contributed by atoms with Crippen LogP contribution < -0.4 is 4.74 Å². The Morgan fingerprint density at radius 3 is 2.31 bits per heavy atom. The molecule has 5 nitrogen and oxygen atoms in total. The number of carbonyl (C=O) groups is 1. The predicted octanol–water partition coefficient (Wildman–Crippen LogP) is 2.93. The number of aryl methyl sites for hydroxylation is 1. The normalized spacial score (nSPS) is 9.73. The van der Waals surface area contributed by atoms with E-state index < -0.39 is 0 Å². The Balaban J connectivity index is 1.92. The van der Waals surface area contributed by atoms with Crippen LogP contribution in [0.1, 0.15) is 32.9 Å². The van der Waals surface area contributed by atoms with Crippen LogP contribution >= 0.6 is 0 Å². The van der Waals surface area contributed by atoms with Gasteiger partial charge in [0.25, 0.3) is 0 Å². The summed E-state index contributed by atoms with van der Waals surface area (Å²) in [5.74, 6) is 6.55. The van der Waals surface area contributed by atoms with Crippen LogP contribution in [0, 0.1) is 23.2 Å². The van der Waals surface area contributed by atoms with Crippen molar-refractivity contribution >= 4 is 5.78 Å². The van der Waals surface area contributed by atoms with Crippen LogP contribution in [0.3, 0.4) is 0 Å². The number of methoxy groups -OCH3 is 1. The first-order valence-corrected chi connectivity index (χ1v) is 7.84. The van der Waals surface area contributed by atoms with Gasteiger partial charge in [0.15, 0.2) is 0 Å². The van der Waals surface area contributed by atoms with E-state index in [4.69, 9.17) is 10.00 Å². The number of benzene rings is 2. The third-order valence-electron chi connectivity index (χ3n) is 3.84. The Morgan fingerprint density at radius 2 is 1.69 bits per heavy atom. The van der Waals surface area contributed by atoms with Crippen molar-refractivity contribution in [3.05, 3.63) is 82.9 Å². The first kappa shape index (κ1) is 17.0. The summed E-state index contributed by atoms with van der Waals surface area (Å²) in [7, 11) is 3.36. The van der Waals surface area contributed by atoms with E-state index >= 15 is 0 Å². The Kier molecular flexibility index (Phi) is 4.83. The van der Waals surface area contributed by atoms with Gasteiger partial charge >= 0.3 is 0 Å². The van der Waals surface area contributed by atoms with Crippen LogP contribution in [0.5, 0.6) is 5.75 Å². The van der Waals surface area contributed by atoms with Gasteiger partial charge < -0.3 is 9.30 Å². The van der Waals surface area contributed by atoms with Crippen molar-refractivity contribution in [2.45, 2.75) is 0 Å². The zero-order chi connectivity index (χ0) is 18.5. The second kappa shape index (κ2) is 7.38. The third kappa shape index (κ3) is 3.48. The van der Waals surface area contributed by atoms with Crippen LogP contribution in [-0.2, 0) is 7.05 Å². The van der Waals surface area contributed by atoms with E-state index in [0.29, 0.717) is 22.5 Å². The summed E-state index contributed by atoms with van der Waals surface area (Å²) < 4.78 is 6.77. The summed E-state index contributed by atoms with van der Waals surface area (Å²) in [6.45, 7) is 0. The molecule has 0 bridgehead atoms. The molecule has 0 spiro atoms.